The minimum atomic E-state index is -0.394. The van der Waals surface area contributed by atoms with E-state index >= 15 is 0 Å². The third kappa shape index (κ3) is 7.09. The Morgan fingerprint density at radius 2 is 1.89 bits per heavy atom. The lowest BCUT2D eigenvalue weighted by Crippen LogP contribution is -2.55. The highest BCUT2D eigenvalue weighted by Crippen LogP contribution is 2.19. The first-order valence-corrected chi connectivity index (χ1v) is 9.92. The van der Waals surface area contributed by atoms with Gasteiger partial charge in [0.2, 0.25) is 0 Å². The zero-order valence-corrected chi connectivity index (χ0v) is 17.2. The second kappa shape index (κ2) is 11.0. The zero-order chi connectivity index (χ0) is 20.4. The van der Waals surface area contributed by atoms with E-state index in [-0.39, 0.29) is 11.2 Å². The summed E-state index contributed by atoms with van der Waals surface area (Å²) < 4.78 is 5.11. The molecule has 1 heterocycles. The molecule has 0 aromatic heterocycles. The number of rotatable bonds is 9. The lowest BCUT2D eigenvalue weighted by Gasteiger charge is -2.41. The van der Waals surface area contributed by atoms with E-state index in [0.717, 1.165) is 31.2 Å². The van der Waals surface area contributed by atoms with Crippen LogP contribution in [0.25, 0.3) is 0 Å². The fourth-order valence-corrected chi connectivity index (χ4v) is 3.25. The van der Waals surface area contributed by atoms with E-state index in [4.69, 9.17) is 4.74 Å². The summed E-state index contributed by atoms with van der Waals surface area (Å²) in [4.78, 5) is 17.6. The van der Waals surface area contributed by atoms with Crippen LogP contribution in [0.15, 0.2) is 29.3 Å². The number of benzene rings is 1. The Bertz CT molecular complexity index is 640. The smallest absolute Gasteiger partial charge is 0.269 e. The highest BCUT2D eigenvalue weighted by molar-refractivity contribution is 5.79. The number of piperidine rings is 1. The standard InChI is InChI=1S/C20H33N5O3/c1-20(2,24-12-5-4-6-13-24)16-23-19(21-11-14-28-3)22-15-17-7-9-18(10-8-17)25(26)27/h7-10H,4-6,11-16H2,1-3H3,(H2,21,22,23). The summed E-state index contributed by atoms with van der Waals surface area (Å²) in [6.45, 7) is 9.28. The van der Waals surface area contributed by atoms with E-state index in [1.165, 1.54) is 31.4 Å². The number of nitro benzene ring substituents is 1. The van der Waals surface area contributed by atoms with Gasteiger partial charge in [0.15, 0.2) is 5.96 Å². The van der Waals surface area contributed by atoms with E-state index < -0.39 is 4.92 Å². The number of likely N-dealkylation sites (tertiary alicyclic amines) is 1. The highest BCUT2D eigenvalue weighted by atomic mass is 16.6. The molecular formula is C20H33N5O3. The molecule has 0 atom stereocenters. The molecule has 0 bridgehead atoms. The Morgan fingerprint density at radius 3 is 2.50 bits per heavy atom. The van der Waals surface area contributed by atoms with Crippen LogP contribution in [0.2, 0.25) is 0 Å². The van der Waals surface area contributed by atoms with Crippen LogP contribution in [-0.2, 0) is 11.3 Å². The number of nitrogens with zero attached hydrogens (tertiary/aromatic N) is 3. The number of methoxy groups -OCH3 is 1. The van der Waals surface area contributed by atoms with Crippen molar-refractivity contribution in [3.05, 3.63) is 39.9 Å². The minimum absolute atomic E-state index is 0.0392. The summed E-state index contributed by atoms with van der Waals surface area (Å²) in [6.07, 6.45) is 3.84. The first-order valence-electron chi connectivity index (χ1n) is 9.92. The molecular weight excluding hydrogens is 358 g/mol. The molecule has 2 rings (SSSR count). The van der Waals surface area contributed by atoms with E-state index in [1.807, 2.05) is 0 Å². The molecule has 1 aromatic carbocycles. The third-order valence-electron chi connectivity index (χ3n) is 5.07. The van der Waals surface area contributed by atoms with Gasteiger partial charge in [-0.25, -0.2) is 4.99 Å². The predicted octanol–water partition coefficient (Wildman–Crippen LogP) is 2.54. The number of hydrogen-bond acceptors (Lipinski definition) is 5. The largest absolute Gasteiger partial charge is 0.383 e. The van der Waals surface area contributed by atoms with Gasteiger partial charge in [0.1, 0.15) is 0 Å². The van der Waals surface area contributed by atoms with E-state index in [2.05, 4.69) is 34.4 Å². The first kappa shape index (κ1) is 22.1. The molecule has 1 aliphatic heterocycles. The van der Waals surface area contributed by atoms with E-state index in [0.29, 0.717) is 19.7 Å². The van der Waals surface area contributed by atoms with Gasteiger partial charge in [-0.3, -0.25) is 15.0 Å². The normalized spacial score (nSPS) is 16.0. The van der Waals surface area contributed by atoms with Crippen molar-refractivity contribution in [1.29, 1.82) is 0 Å². The van der Waals surface area contributed by atoms with Gasteiger partial charge in [0, 0.05) is 37.9 Å². The van der Waals surface area contributed by atoms with Gasteiger partial charge in [-0.1, -0.05) is 18.6 Å². The maximum atomic E-state index is 10.8. The van der Waals surface area contributed by atoms with Gasteiger partial charge in [-0.15, -0.1) is 0 Å². The molecule has 0 aliphatic carbocycles. The summed E-state index contributed by atoms with van der Waals surface area (Å²) in [5, 5.41) is 17.5. The summed E-state index contributed by atoms with van der Waals surface area (Å²) in [7, 11) is 1.67. The number of hydrogen-bond donors (Lipinski definition) is 2. The number of non-ortho nitro benzene ring substituents is 1. The van der Waals surface area contributed by atoms with Crippen molar-refractivity contribution in [2.45, 2.75) is 45.2 Å². The van der Waals surface area contributed by atoms with Crippen LogP contribution in [0.3, 0.4) is 0 Å². The first-order chi connectivity index (χ1) is 13.4. The number of ether oxygens (including phenoxy) is 1. The van der Waals surface area contributed by atoms with E-state index in [1.54, 1.807) is 19.2 Å². The lowest BCUT2D eigenvalue weighted by molar-refractivity contribution is -0.384. The Labute approximate surface area is 167 Å². The number of aliphatic imine (C=N–C) groups is 1. The topological polar surface area (TPSA) is 92.0 Å². The van der Waals surface area contributed by atoms with Crippen LogP contribution in [0.4, 0.5) is 5.69 Å². The van der Waals surface area contributed by atoms with Crippen molar-refractivity contribution in [1.82, 2.24) is 15.5 Å². The molecule has 28 heavy (non-hydrogen) atoms. The third-order valence-corrected chi connectivity index (χ3v) is 5.07. The Morgan fingerprint density at radius 1 is 1.21 bits per heavy atom. The second-order valence-electron chi connectivity index (χ2n) is 7.72. The van der Waals surface area contributed by atoms with Crippen molar-refractivity contribution in [2.75, 3.05) is 39.9 Å². The molecule has 0 spiro atoms. The van der Waals surface area contributed by atoms with Gasteiger partial charge in [0.25, 0.3) is 5.69 Å². The van der Waals surface area contributed by atoms with Gasteiger partial charge in [0.05, 0.1) is 18.1 Å². The van der Waals surface area contributed by atoms with Crippen LogP contribution >= 0.6 is 0 Å². The van der Waals surface area contributed by atoms with Crippen molar-refractivity contribution >= 4 is 11.6 Å². The van der Waals surface area contributed by atoms with Crippen LogP contribution in [0.5, 0.6) is 0 Å². The van der Waals surface area contributed by atoms with Crippen molar-refractivity contribution < 1.29 is 9.66 Å². The summed E-state index contributed by atoms with van der Waals surface area (Å²) >= 11 is 0. The predicted molar refractivity (Wildman–Crippen MR) is 112 cm³/mol. The molecule has 8 nitrogen and oxygen atoms in total. The van der Waals surface area contributed by atoms with Gasteiger partial charge in [-0.05, 0) is 45.3 Å². The number of guanidine groups is 1. The van der Waals surface area contributed by atoms with Gasteiger partial charge < -0.3 is 15.4 Å². The monoisotopic (exact) mass is 391 g/mol. The van der Waals surface area contributed by atoms with Crippen LogP contribution < -0.4 is 10.6 Å². The fourth-order valence-electron chi connectivity index (χ4n) is 3.25. The zero-order valence-electron chi connectivity index (χ0n) is 17.2. The molecule has 2 N–H and O–H groups in total. The molecule has 0 amide bonds. The van der Waals surface area contributed by atoms with Crippen molar-refractivity contribution in [3.63, 3.8) is 0 Å². The Hall–Kier alpha value is -2.19. The molecule has 1 aliphatic rings. The van der Waals surface area contributed by atoms with Gasteiger partial charge in [-0.2, -0.15) is 0 Å². The summed E-state index contributed by atoms with van der Waals surface area (Å²) in [5.74, 6) is 0.723. The average Bonchev–Trinajstić information content (AvgIpc) is 2.70. The second-order valence-corrected chi connectivity index (χ2v) is 7.72. The molecule has 8 heteroatoms. The maximum Gasteiger partial charge on any atom is 0.269 e. The van der Waals surface area contributed by atoms with Gasteiger partial charge >= 0.3 is 0 Å². The maximum absolute atomic E-state index is 10.8. The molecule has 1 fully saturated rings. The molecule has 1 aromatic rings. The minimum Gasteiger partial charge on any atom is -0.383 e. The molecule has 156 valence electrons. The quantitative estimate of drug-likeness (QED) is 0.221. The number of nitrogens with one attached hydrogen (secondary N) is 2. The average molecular weight is 392 g/mol. The van der Waals surface area contributed by atoms with E-state index in [9.17, 15) is 10.1 Å². The molecule has 0 saturated carbocycles. The molecule has 1 saturated heterocycles. The molecule has 0 radical (unpaired) electrons. The lowest BCUT2D eigenvalue weighted by atomic mass is 9.98. The number of nitro groups is 1. The van der Waals surface area contributed by atoms with Crippen LogP contribution in [0.1, 0.15) is 38.7 Å². The highest BCUT2D eigenvalue weighted by Gasteiger charge is 2.27. The van der Waals surface area contributed by atoms with Crippen molar-refractivity contribution in [3.8, 4) is 0 Å². The summed E-state index contributed by atoms with van der Waals surface area (Å²) in [5.41, 5.74) is 1.05. The molecule has 0 unspecified atom stereocenters. The Kier molecular flexibility index (Phi) is 8.66. The van der Waals surface area contributed by atoms with Crippen molar-refractivity contribution in [2.24, 2.45) is 4.99 Å². The fraction of sp³-hybridized carbons (Fsp3) is 0.650. The van der Waals surface area contributed by atoms with Crippen LogP contribution in [-0.4, -0.2) is 61.2 Å². The Balaban J connectivity index is 1.97. The SMILES string of the molecule is COCCNC(=NCc1ccc([N+](=O)[O-])cc1)NCC(C)(C)N1CCCCC1. The van der Waals surface area contributed by atoms with Crippen LogP contribution in [0, 0.1) is 10.1 Å². The summed E-state index contributed by atoms with van der Waals surface area (Å²) in [6, 6.07) is 6.50.